The average Bonchev–Trinajstić information content (AvgIpc) is 2.46. The average molecular weight is 324 g/mol. The largest absolute Gasteiger partial charge is 0.496 e. The van der Waals surface area contributed by atoms with Crippen LogP contribution in [0, 0.1) is 6.92 Å². The van der Waals surface area contributed by atoms with Gasteiger partial charge in [-0.25, -0.2) is 0 Å². The van der Waals surface area contributed by atoms with E-state index < -0.39 is 0 Å². The summed E-state index contributed by atoms with van der Waals surface area (Å²) < 4.78 is 5.21. The molecule has 0 bridgehead atoms. The number of methoxy groups -OCH3 is 1. The normalized spacial score (nSPS) is 10.3. The fraction of sp³-hybridized carbons (Fsp3) is 0.188. The third-order valence-corrected chi connectivity index (χ3v) is 3.64. The number of ether oxygens (including phenoxy) is 1. The van der Waals surface area contributed by atoms with Crippen molar-refractivity contribution >= 4 is 29.1 Å². The van der Waals surface area contributed by atoms with Gasteiger partial charge in [-0.1, -0.05) is 40.9 Å². The van der Waals surface area contributed by atoms with E-state index in [0.717, 1.165) is 11.1 Å². The molecule has 2 rings (SSSR count). The zero-order valence-electron chi connectivity index (χ0n) is 11.7. The minimum atomic E-state index is -0.207. The quantitative estimate of drug-likeness (QED) is 0.913. The van der Waals surface area contributed by atoms with Crippen LogP contribution in [0.15, 0.2) is 36.4 Å². The second-order valence-electron chi connectivity index (χ2n) is 4.62. The van der Waals surface area contributed by atoms with Crippen molar-refractivity contribution in [2.75, 3.05) is 7.11 Å². The molecule has 3 nitrogen and oxygen atoms in total. The van der Waals surface area contributed by atoms with E-state index in [2.05, 4.69) is 5.32 Å². The van der Waals surface area contributed by atoms with Crippen LogP contribution < -0.4 is 10.1 Å². The van der Waals surface area contributed by atoms with Crippen molar-refractivity contribution in [2.24, 2.45) is 0 Å². The van der Waals surface area contributed by atoms with Crippen LogP contribution in [0.3, 0.4) is 0 Å². The second kappa shape index (κ2) is 6.83. The number of hydrogen-bond donors (Lipinski definition) is 1. The lowest BCUT2D eigenvalue weighted by Crippen LogP contribution is -2.23. The number of hydrogen-bond acceptors (Lipinski definition) is 2. The smallest absolute Gasteiger partial charge is 0.255 e. The van der Waals surface area contributed by atoms with E-state index in [0.29, 0.717) is 27.9 Å². The number of aryl methyl sites for hydroxylation is 1. The number of carbonyl (C=O) groups is 1. The monoisotopic (exact) mass is 323 g/mol. The molecular formula is C16H15Cl2NO2. The SMILES string of the molecule is COc1ccc(C)cc1C(=O)NCc1ccc(Cl)cc1Cl. The summed E-state index contributed by atoms with van der Waals surface area (Å²) in [6.45, 7) is 2.25. The fourth-order valence-corrected chi connectivity index (χ4v) is 2.41. The molecule has 2 aromatic carbocycles. The molecular weight excluding hydrogens is 309 g/mol. The molecule has 5 heteroatoms. The Morgan fingerprint density at radius 3 is 2.62 bits per heavy atom. The van der Waals surface area contributed by atoms with Crippen LogP contribution in [-0.4, -0.2) is 13.0 Å². The Labute approximate surface area is 133 Å². The molecule has 0 saturated carbocycles. The van der Waals surface area contributed by atoms with Gasteiger partial charge in [0.15, 0.2) is 0 Å². The van der Waals surface area contributed by atoms with E-state index in [9.17, 15) is 4.79 Å². The standard InChI is InChI=1S/C16H15Cl2NO2/c1-10-3-6-15(21-2)13(7-10)16(20)19-9-11-4-5-12(17)8-14(11)18/h3-8H,9H2,1-2H3,(H,19,20). The molecule has 21 heavy (non-hydrogen) atoms. The molecule has 110 valence electrons. The number of rotatable bonds is 4. The van der Waals surface area contributed by atoms with Gasteiger partial charge in [0.2, 0.25) is 0 Å². The number of carbonyl (C=O) groups excluding carboxylic acids is 1. The van der Waals surface area contributed by atoms with Gasteiger partial charge in [0.1, 0.15) is 5.75 Å². The first-order valence-electron chi connectivity index (χ1n) is 6.38. The minimum Gasteiger partial charge on any atom is -0.496 e. The molecule has 0 aliphatic carbocycles. The zero-order valence-corrected chi connectivity index (χ0v) is 13.3. The van der Waals surface area contributed by atoms with Crippen LogP contribution in [0.2, 0.25) is 10.0 Å². The van der Waals surface area contributed by atoms with E-state index in [1.54, 1.807) is 30.3 Å². The predicted octanol–water partition coefficient (Wildman–Crippen LogP) is 4.24. The molecule has 1 N–H and O–H groups in total. The predicted molar refractivity (Wildman–Crippen MR) is 85.4 cm³/mol. The Hall–Kier alpha value is -1.71. The lowest BCUT2D eigenvalue weighted by molar-refractivity contribution is 0.0948. The summed E-state index contributed by atoms with van der Waals surface area (Å²) in [5.41, 5.74) is 2.30. The highest BCUT2D eigenvalue weighted by Crippen LogP contribution is 2.22. The van der Waals surface area contributed by atoms with Gasteiger partial charge in [-0.2, -0.15) is 0 Å². The van der Waals surface area contributed by atoms with Crippen LogP contribution in [0.4, 0.5) is 0 Å². The van der Waals surface area contributed by atoms with Crippen LogP contribution >= 0.6 is 23.2 Å². The summed E-state index contributed by atoms with van der Waals surface area (Å²) >= 11 is 11.9. The molecule has 0 aliphatic heterocycles. The maximum Gasteiger partial charge on any atom is 0.255 e. The maximum atomic E-state index is 12.3. The van der Waals surface area contributed by atoms with E-state index >= 15 is 0 Å². The fourth-order valence-electron chi connectivity index (χ4n) is 1.94. The molecule has 0 aromatic heterocycles. The highest BCUT2D eigenvalue weighted by molar-refractivity contribution is 6.35. The molecule has 0 spiro atoms. The van der Waals surface area contributed by atoms with Gasteiger partial charge < -0.3 is 10.1 Å². The Morgan fingerprint density at radius 1 is 1.19 bits per heavy atom. The minimum absolute atomic E-state index is 0.207. The van der Waals surface area contributed by atoms with Gasteiger partial charge in [0.25, 0.3) is 5.91 Å². The molecule has 0 aliphatic rings. The highest BCUT2D eigenvalue weighted by atomic mass is 35.5. The molecule has 1 amide bonds. The van der Waals surface area contributed by atoms with E-state index in [-0.39, 0.29) is 5.91 Å². The topological polar surface area (TPSA) is 38.3 Å². The second-order valence-corrected chi connectivity index (χ2v) is 5.47. The van der Waals surface area contributed by atoms with E-state index in [1.165, 1.54) is 7.11 Å². The first-order valence-corrected chi connectivity index (χ1v) is 7.13. The van der Waals surface area contributed by atoms with Crippen molar-refractivity contribution < 1.29 is 9.53 Å². The lowest BCUT2D eigenvalue weighted by Gasteiger charge is -2.11. The summed E-state index contributed by atoms with van der Waals surface area (Å²) in [6, 6.07) is 10.6. The molecule has 0 atom stereocenters. The first kappa shape index (κ1) is 15.7. The van der Waals surface area contributed by atoms with Gasteiger partial charge in [-0.3, -0.25) is 4.79 Å². The molecule has 0 heterocycles. The van der Waals surface area contributed by atoms with Crippen LogP contribution in [-0.2, 0) is 6.54 Å². The first-order chi connectivity index (χ1) is 10.0. The summed E-state index contributed by atoms with van der Waals surface area (Å²) in [6.07, 6.45) is 0. The van der Waals surface area contributed by atoms with Crippen molar-refractivity contribution in [3.63, 3.8) is 0 Å². The van der Waals surface area contributed by atoms with Crippen molar-refractivity contribution in [3.8, 4) is 5.75 Å². The third kappa shape index (κ3) is 3.90. The Bertz CT molecular complexity index is 671. The van der Waals surface area contributed by atoms with Crippen molar-refractivity contribution in [1.82, 2.24) is 5.32 Å². The van der Waals surface area contributed by atoms with Crippen LogP contribution in [0.1, 0.15) is 21.5 Å². The summed E-state index contributed by atoms with van der Waals surface area (Å²) in [5.74, 6) is 0.335. The summed E-state index contributed by atoms with van der Waals surface area (Å²) in [5, 5.41) is 3.92. The van der Waals surface area contributed by atoms with Gasteiger partial charge in [-0.05, 0) is 36.8 Å². The van der Waals surface area contributed by atoms with E-state index in [4.69, 9.17) is 27.9 Å². The van der Waals surface area contributed by atoms with Gasteiger partial charge in [0.05, 0.1) is 12.7 Å². The van der Waals surface area contributed by atoms with Gasteiger partial charge in [-0.15, -0.1) is 0 Å². The van der Waals surface area contributed by atoms with E-state index in [1.807, 2.05) is 13.0 Å². The number of amides is 1. The van der Waals surface area contributed by atoms with Gasteiger partial charge >= 0.3 is 0 Å². The molecule has 2 aromatic rings. The zero-order chi connectivity index (χ0) is 15.4. The Kier molecular flexibility index (Phi) is 5.10. The van der Waals surface area contributed by atoms with Crippen molar-refractivity contribution in [2.45, 2.75) is 13.5 Å². The molecule has 0 radical (unpaired) electrons. The number of benzene rings is 2. The van der Waals surface area contributed by atoms with Crippen molar-refractivity contribution in [3.05, 3.63) is 63.1 Å². The molecule has 0 fully saturated rings. The maximum absolute atomic E-state index is 12.3. The van der Waals surface area contributed by atoms with Crippen LogP contribution in [0.25, 0.3) is 0 Å². The number of nitrogens with one attached hydrogen (secondary N) is 1. The molecule has 0 unspecified atom stereocenters. The lowest BCUT2D eigenvalue weighted by atomic mass is 10.1. The van der Waals surface area contributed by atoms with Crippen LogP contribution in [0.5, 0.6) is 5.75 Å². The Balaban J connectivity index is 2.13. The summed E-state index contributed by atoms with van der Waals surface area (Å²) in [7, 11) is 1.54. The summed E-state index contributed by atoms with van der Waals surface area (Å²) in [4.78, 5) is 12.3. The Morgan fingerprint density at radius 2 is 1.95 bits per heavy atom. The molecule has 0 saturated heterocycles. The van der Waals surface area contributed by atoms with Gasteiger partial charge in [0, 0.05) is 16.6 Å². The third-order valence-electron chi connectivity index (χ3n) is 3.05. The van der Waals surface area contributed by atoms with Crippen molar-refractivity contribution in [1.29, 1.82) is 0 Å². The highest BCUT2D eigenvalue weighted by Gasteiger charge is 2.12. The number of halogens is 2.